The molecule has 5 N–H and O–H groups in total. The summed E-state index contributed by atoms with van der Waals surface area (Å²) < 4.78 is 37.7. The molecule has 0 aliphatic carbocycles. The summed E-state index contributed by atoms with van der Waals surface area (Å²) in [6.07, 6.45) is 0. The highest BCUT2D eigenvalue weighted by atomic mass is 32.2. The minimum atomic E-state index is -4.50. The minimum absolute atomic E-state index is 0.0139. The van der Waals surface area contributed by atoms with Crippen molar-refractivity contribution in [1.82, 2.24) is 0 Å². The summed E-state index contributed by atoms with van der Waals surface area (Å²) in [6.45, 7) is -0.620. The summed E-state index contributed by atoms with van der Waals surface area (Å²) in [5.41, 5.74) is 0.0361. The molecular weight excluding hydrogens is 588 g/mol. The van der Waals surface area contributed by atoms with Gasteiger partial charge in [-0.25, -0.2) is 5.26 Å². The van der Waals surface area contributed by atoms with Gasteiger partial charge in [0.2, 0.25) is 0 Å². The van der Waals surface area contributed by atoms with Crippen LogP contribution in [0, 0.1) is 0 Å². The second-order valence-corrected chi connectivity index (χ2v) is 10.7. The van der Waals surface area contributed by atoms with Gasteiger partial charge in [0.15, 0.2) is 17.2 Å². The number of azo groups is 2. The van der Waals surface area contributed by atoms with Crippen LogP contribution in [-0.4, -0.2) is 33.5 Å². The first kappa shape index (κ1) is 29.0. The molecule has 0 radical (unpaired) electrons. The van der Waals surface area contributed by atoms with Crippen LogP contribution in [0.3, 0.4) is 0 Å². The molecule has 5 aromatic rings. The molecule has 0 amide bonds. The normalized spacial score (nSPS) is 12.3. The summed E-state index contributed by atoms with van der Waals surface area (Å²) in [5.74, 6) is -1.10. The maximum Gasteiger partial charge on any atom is 0.295 e. The van der Waals surface area contributed by atoms with Crippen molar-refractivity contribution < 1.29 is 42.9 Å². The second kappa shape index (κ2) is 12.2. The smallest absolute Gasteiger partial charge is 0.295 e. The average Bonchev–Trinajstić information content (AvgIpc) is 2.99. The monoisotopic (exact) mass is 608 g/mol. The predicted octanol–water partition coefficient (Wildman–Crippen LogP) is 7.40. The summed E-state index contributed by atoms with van der Waals surface area (Å²) in [5, 5.41) is 61.9. The van der Waals surface area contributed by atoms with Crippen LogP contribution in [0.4, 0.5) is 22.7 Å². The number of aliphatic hydroxyl groups excluding tert-OH is 1. The number of nitrogens with zero attached hydrogens (tertiary/aromatic N) is 4. The number of hydrogen-bond acceptors (Lipinski definition) is 13. The fourth-order valence-electron chi connectivity index (χ4n) is 4.23. The van der Waals surface area contributed by atoms with Gasteiger partial charge in [0.25, 0.3) is 10.1 Å². The van der Waals surface area contributed by atoms with Gasteiger partial charge in [0, 0.05) is 26.6 Å². The molecule has 5 aromatic carbocycles. The number of phenolic OH excluding ortho intramolecular Hbond substituents is 1. The van der Waals surface area contributed by atoms with Gasteiger partial charge < -0.3 is 15.3 Å². The Morgan fingerprint density at radius 3 is 1.93 bits per heavy atom. The topological polar surface area (TPSA) is 203 Å². The van der Waals surface area contributed by atoms with Crippen molar-refractivity contribution in [2.24, 2.45) is 20.5 Å². The molecule has 13 nitrogen and oxygen atoms in total. The molecule has 0 spiro atoms. The lowest BCUT2D eigenvalue weighted by atomic mass is 10.1. The van der Waals surface area contributed by atoms with Crippen molar-refractivity contribution >= 4 is 66.5 Å². The zero-order chi connectivity index (χ0) is 29.9. The molecule has 0 fully saturated rings. The average molecular weight is 609 g/mol. The van der Waals surface area contributed by atoms with Crippen molar-refractivity contribution in [1.29, 1.82) is 0 Å². The number of aliphatic hydroxyl groups is 1. The molecular formula is C27H20N4O9S2. The van der Waals surface area contributed by atoms with E-state index in [-0.39, 0.29) is 32.9 Å². The van der Waals surface area contributed by atoms with E-state index in [9.17, 15) is 28.3 Å². The Morgan fingerprint density at radius 1 is 0.714 bits per heavy atom. The van der Waals surface area contributed by atoms with Crippen molar-refractivity contribution in [2.45, 2.75) is 16.4 Å². The van der Waals surface area contributed by atoms with Gasteiger partial charge in [-0.05, 0) is 35.7 Å². The molecule has 0 atom stereocenters. The minimum Gasteiger partial charge on any atom is -0.505 e. The van der Waals surface area contributed by atoms with E-state index in [1.165, 1.54) is 24.3 Å². The van der Waals surface area contributed by atoms with Gasteiger partial charge in [-0.3, -0.25) is 4.55 Å². The lowest BCUT2D eigenvalue weighted by molar-refractivity contribution is -0.432. The molecule has 0 saturated heterocycles. The third-order valence-electron chi connectivity index (χ3n) is 6.15. The first-order chi connectivity index (χ1) is 20.2. The van der Waals surface area contributed by atoms with Crippen molar-refractivity contribution in [3.05, 3.63) is 84.4 Å². The van der Waals surface area contributed by atoms with E-state index >= 15 is 0 Å². The zero-order valence-corrected chi connectivity index (χ0v) is 22.8. The van der Waals surface area contributed by atoms with Gasteiger partial charge in [0.05, 0.1) is 30.0 Å². The summed E-state index contributed by atoms with van der Waals surface area (Å²) in [6, 6.07) is 20.4. The van der Waals surface area contributed by atoms with Crippen LogP contribution in [0.2, 0.25) is 0 Å². The van der Waals surface area contributed by atoms with E-state index in [1.54, 1.807) is 54.6 Å². The van der Waals surface area contributed by atoms with Gasteiger partial charge in [-0.15, -0.1) is 24.8 Å². The Hall–Kier alpha value is -4.48. The number of rotatable bonds is 9. The molecule has 214 valence electrons. The Morgan fingerprint density at radius 2 is 1.29 bits per heavy atom. The highest BCUT2D eigenvalue weighted by Gasteiger charge is 2.19. The number of hydrogen-bond donors (Lipinski definition) is 5. The van der Waals surface area contributed by atoms with E-state index in [0.29, 0.717) is 26.7 Å². The summed E-state index contributed by atoms with van der Waals surface area (Å²) in [4.78, 5) is 0.301. The first-order valence-corrected chi connectivity index (χ1v) is 14.1. The maximum atomic E-state index is 11.8. The van der Waals surface area contributed by atoms with Crippen LogP contribution >= 0.6 is 12.0 Å². The maximum absolute atomic E-state index is 11.8. The SMILES string of the molecule is O=S(=O)(O)c1ccc(N=Nc2cc(CO)c(O)c(N=Nc3ccc(SOOO)c4ccccc34)c2O)c2ccccc12. The molecule has 15 heteroatoms. The Balaban J connectivity index is 1.56. The van der Waals surface area contributed by atoms with Crippen molar-refractivity contribution in [3.8, 4) is 11.5 Å². The lowest BCUT2D eigenvalue weighted by Crippen LogP contribution is -1.98. The van der Waals surface area contributed by atoms with Gasteiger partial charge in [0.1, 0.15) is 10.6 Å². The largest absolute Gasteiger partial charge is 0.505 e. The molecule has 0 aliphatic rings. The number of benzene rings is 5. The predicted molar refractivity (Wildman–Crippen MR) is 152 cm³/mol. The number of fused-ring (bicyclic) bond motifs is 2. The third kappa shape index (κ3) is 5.79. The highest BCUT2D eigenvalue weighted by Crippen LogP contribution is 2.47. The Bertz CT molecular complexity index is 1980. The van der Waals surface area contributed by atoms with Gasteiger partial charge in [-0.1, -0.05) is 53.6 Å². The van der Waals surface area contributed by atoms with E-state index in [0.717, 1.165) is 12.0 Å². The second-order valence-electron chi connectivity index (χ2n) is 8.62. The molecule has 0 bridgehead atoms. The Kier molecular flexibility index (Phi) is 8.41. The molecule has 0 aromatic heterocycles. The molecule has 0 unspecified atom stereocenters. The van der Waals surface area contributed by atoms with Gasteiger partial charge in [-0.2, -0.15) is 8.42 Å². The standard InChI is InChI=1S/C27H20N4O9S2/c32-14-15-13-22(30-28-21-10-12-24(42(36,37)38)19-8-4-2-6-17(19)21)27(34)25(26(15)33)31-29-20-9-11-23(41-40-39-35)18-7-3-1-5-16(18)20/h1-13,32-35H,14H2,(H,36,37,38). The van der Waals surface area contributed by atoms with E-state index in [4.69, 9.17) is 5.26 Å². The van der Waals surface area contributed by atoms with Crippen LogP contribution in [0.1, 0.15) is 5.56 Å². The van der Waals surface area contributed by atoms with Crippen LogP contribution in [-0.2, 0) is 26.1 Å². The van der Waals surface area contributed by atoms with Crippen LogP contribution < -0.4 is 0 Å². The molecule has 0 heterocycles. The van der Waals surface area contributed by atoms with Gasteiger partial charge >= 0.3 is 0 Å². The summed E-state index contributed by atoms with van der Waals surface area (Å²) >= 11 is 0.774. The molecule has 42 heavy (non-hydrogen) atoms. The third-order valence-corrected chi connectivity index (χ3v) is 7.73. The fraction of sp³-hybridized carbons (Fsp3) is 0.0370. The van der Waals surface area contributed by atoms with Crippen molar-refractivity contribution in [2.75, 3.05) is 0 Å². The van der Waals surface area contributed by atoms with E-state index in [1.807, 2.05) is 0 Å². The van der Waals surface area contributed by atoms with Crippen LogP contribution in [0.15, 0.2) is 109 Å². The summed E-state index contributed by atoms with van der Waals surface area (Å²) in [7, 11) is -4.50. The number of aromatic hydroxyl groups is 2. The van der Waals surface area contributed by atoms with Crippen molar-refractivity contribution in [3.63, 3.8) is 0 Å². The Labute approximate surface area is 241 Å². The van der Waals surface area contributed by atoms with Crippen LogP contribution in [0.5, 0.6) is 11.5 Å². The van der Waals surface area contributed by atoms with E-state index in [2.05, 4.69) is 29.8 Å². The first-order valence-electron chi connectivity index (χ1n) is 11.9. The van der Waals surface area contributed by atoms with E-state index < -0.39 is 28.2 Å². The molecule has 5 rings (SSSR count). The molecule has 0 saturated carbocycles. The number of phenols is 2. The highest BCUT2D eigenvalue weighted by molar-refractivity contribution is 7.94. The quantitative estimate of drug-likeness (QED) is 0.0368. The van der Waals surface area contributed by atoms with Crippen LogP contribution in [0.25, 0.3) is 21.5 Å². The molecule has 0 aliphatic heterocycles. The lowest BCUT2D eigenvalue weighted by Gasteiger charge is -2.10. The fourth-order valence-corrected chi connectivity index (χ4v) is 5.42. The zero-order valence-electron chi connectivity index (χ0n) is 21.2.